The van der Waals surface area contributed by atoms with E-state index in [9.17, 15) is 14.7 Å². The number of quaternary nitrogens is 1. The standard InChI is InChI=1S/C29H46N5O3/c1-28(13-14-29(24-11-5-4-6-12-24)25(19-28)34(29,2)3)22-33(27(30)31-20-23-9-7-10-23)21-26(37)32(16-18-36)15-8-17-35/h4-6,11-12,17,23,25,36H,7-10,13-16,18-22H2,1-3H3,(H2,30,31)/q+1/t25?,28-,29+/m0/s1. The number of carbonyl (C=O) groups excluding carboxylic acids is 2. The Kier molecular flexibility index (Phi) is 8.29. The van der Waals surface area contributed by atoms with Crippen LogP contribution in [0.2, 0.25) is 0 Å². The molecule has 1 amide bonds. The summed E-state index contributed by atoms with van der Waals surface area (Å²) < 4.78 is 0.993. The number of likely N-dealkylation sites (tertiary alicyclic amines) is 1. The topological polar surface area (TPSA) is 99.2 Å². The number of nitrogens with zero attached hydrogens (tertiary/aromatic N) is 4. The maximum absolute atomic E-state index is 13.3. The molecule has 0 spiro atoms. The fraction of sp³-hybridized carbons (Fsp3) is 0.690. The quantitative estimate of drug-likeness (QED) is 0.147. The van der Waals surface area contributed by atoms with Crippen LogP contribution in [0, 0.1) is 11.3 Å². The van der Waals surface area contributed by atoms with Gasteiger partial charge in [-0.05, 0) is 30.6 Å². The maximum Gasteiger partial charge on any atom is 0.242 e. The Morgan fingerprint density at radius 1 is 1.19 bits per heavy atom. The second-order valence-electron chi connectivity index (χ2n) is 12.3. The Labute approximate surface area is 222 Å². The average molecular weight is 513 g/mol. The minimum Gasteiger partial charge on any atom is -0.395 e. The van der Waals surface area contributed by atoms with E-state index >= 15 is 0 Å². The van der Waals surface area contributed by atoms with E-state index in [4.69, 9.17) is 10.7 Å². The van der Waals surface area contributed by atoms with Crippen molar-refractivity contribution >= 4 is 18.2 Å². The first-order valence-corrected chi connectivity index (χ1v) is 13.9. The predicted octanol–water partition coefficient (Wildman–Crippen LogP) is 2.36. The number of rotatable bonds is 12. The number of fused-ring (bicyclic) bond motifs is 1. The first-order chi connectivity index (χ1) is 17.7. The highest BCUT2D eigenvalue weighted by Crippen LogP contribution is 2.65. The van der Waals surface area contributed by atoms with E-state index in [-0.39, 0.29) is 43.0 Å². The summed E-state index contributed by atoms with van der Waals surface area (Å²) in [5.41, 5.74) is 8.14. The van der Waals surface area contributed by atoms with Crippen molar-refractivity contribution in [1.29, 1.82) is 0 Å². The highest BCUT2D eigenvalue weighted by molar-refractivity contribution is 5.86. The number of likely N-dealkylation sites (N-methyl/N-ethyl adjacent to an activating group) is 1. The third kappa shape index (κ3) is 5.55. The average Bonchev–Trinajstić information content (AvgIpc) is 3.34. The number of hydrogen-bond donors (Lipinski definition) is 2. The maximum atomic E-state index is 13.3. The number of benzene rings is 1. The lowest BCUT2D eigenvalue weighted by atomic mass is 9.69. The predicted molar refractivity (Wildman–Crippen MR) is 146 cm³/mol. The Bertz CT molecular complexity index is 979. The van der Waals surface area contributed by atoms with Crippen molar-refractivity contribution in [3.8, 4) is 0 Å². The summed E-state index contributed by atoms with van der Waals surface area (Å²) in [5, 5.41) is 9.46. The third-order valence-electron chi connectivity index (χ3n) is 9.56. The van der Waals surface area contributed by atoms with Crippen molar-refractivity contribution in [3.63, 3.8) is 0 Å². The molecule has 2 saturated carbocycles. The van der Waals surface area contributed by atoms with Crippen LogP contribution in [0.3, 0.4) is 0 Å². The van der Waals surface area contributed by atoms with Gasteiger partial charge in [-0.15, -0.1) is 0 Å². The van der Waals surface area contributed by atoms with Crippen molar-refractivity contribution in [1.82, 2.24) is 9.80 Å². The zero-order valence-electron chi connectivity index (χ0n) is 22.9. The van der Waals surface area contributed by atoms with Crippen molar-refractivity contribution in [3.05, 3.63) is 35.9 Å². The summed E-state index contributed by atoms with van der Waals surface area (Å²) >= 11 is 0. The molecule has 0 aromatic heterocycles. The molecule has 1 unspecified atom stereocenters. The third-order valence-corrected chi connectivity index (χ3v) is 9.56. The molecule has 1 aromatic rings. The van der Waals surface area contributed by atoms with Crippen LogP contribution < -0.4 is 5.73 Å². The normalized spacial score (nSPS) is 28.6. The number of nitrogens with two attached hydrogens (primary N) is 1. The second kappa shape index (κ2) is 11.1. The molecule has 3 N–H and O–H groups in total. The first-order valence-electron chi connectivity index (χ1n) is 13.9. The molecule has 1 aliphatic heterocycles. The molecule has 1 heterocycles. The van der Waals surface area contributed by atoms with Gasteiger partial charge >= 0.3 is 0 Å². The molecule has 2 aliphatic carbocycles. The van der Waals surface area contributed by atoms with Gasteiger partial charge in [0.1, 0.15) is 12.3 Å². The van der Waals surface area contributed by atoms with Gasteiger partial charge in [-0.25, -0.2) is 0 Å². The van der Waals surface area contributed by atoms with Crippen LogP contribution in [0.5, 0.6) is 0 Å². The number of aliphatic imine (C=N–C) groups is 1. The molecule has 8 nitrogen and oxygen atoms in total. The van der Waals surface area contributed by atoms with Crippen LogP contribution in [0.15, 0.2) is 35.3 Å². The van der Waals surface area contributed by atoms with Gasteiger partial charge in [0.2, 0.25) is 5.91 Å². The zero-order chi connectivity index (χ0) is 26.7. The van der Waals surface area contributed by atoms with E-state index in [0.717, 1.165) is 30.0 Å². The molecule has 8 heteroatoms. The summed E-state index contributed by atoms with van der Waals surface area (Å²) in [6, 6.07) is 11.4. The lowest BCUT2D eigenvalue weighted by Gasteiger charge is -2.38. The van der Waals surface area contributed by atoms with Crippen LogP contribution in [-0.2, 0) is 15.1 Å². The molecule has 204 valence electrons. The molecule has 1 aromatic carbocycles. The number of aldehydes is 1. The van der Waals surface area contributed by atoms with Crippen LogP contribution >= 0.6 is 0 Å². The van der Waals surface area contributed by atoms with Gasteiger partial charge in [-0.2, -0.15) is 0 Å². The Hall–Kier alpha value is -2.45. The van der Waals surface area contributed by atoms with Crippen LogP contribution in [0.1, 0.15) is 57.4 Å². The van der Waals surface area contributed by atoms with Gasteiger partial charge < -0.3 is 29.9 Å². The number of carbonyl (C=O) groups is 2. The molecular formula is C29H46N5O3+. The highest BCUT2D eigenvalue weighted by atomic mass is 16.3. The smallest absolute Gasteiger partial charge is 0.242 e. The second-order valence-corrected chi connectivity index (χ2v) is 12.3. The Morgan fingerprint density at radius 3 is 2.51 bits per heavy atom. The molecule has 3 aliphatic rings. The fourth-order valence-corrected chi connectivity index (χ4v) is 6.93. The Balaban J connectivity index is 1.50. The molecule has 0 radical (unpaired) electrons. The van der Waals surface area contributed by atoms with Crippen molar-refractivity contribution in [2.45, 2.75) is 63.5 Å². The Morgan fingerprint density at radius 2 is 1.92 bits per heavy atom. The summed E-state index contributed by atoms with van der Waals surface area (Å²) in [6.45, 7) is 4.20. The van der Waals surface area contributed by atoms with Gasteiger partial charge in [0.25, 0.3) is 0 Å². The SMILES string of the molecule is C[C@]1(CN(CC(=O)N(CCO)CCC=O)C(N)=NCC2CCC2)CC[C@@]2(c3ccccc3)C(C1)[N+]2(C)C. The summed E-state index contributed by atoms with van der Waals surface area (Å²) in [7, 11) is 4.69. The van der Waals surface area contributed by atoms with E-state index < -0.39 is 0 Å². The number of aliphatic hydroxyl groups excluding tert-OH is 1. The van der Waals surface area contributed by atoms with Gasteiger partial charge in [-0.1, -0.05) is 43.7 Å². The van der Waals surface area contributed by atoms with E-state index in [1.54, 1.807) is 4.90 Å². The van der Waals surface area contributed by atoms with E-state index in [0.29, 0.717) is 37.6 Å². The number of aliphatic hydroxyl groups is 1. The molecule has 3 atom stereocenters. The molecule has 4 rings (SSSR count). The summed E-state index contributed by atoms with van der Waals surface area (Å²) in [6.07, 6.45) is 7.91. The summed E-state index contributed by atoms with van der Waals surface area (Å²) in [4.78, 5) is 32.4. The number of amides is 1. The highest BCUT2D eigenvalue weighted by Gasteiger charge is 2.77. The van der Waals surface area contributed by atoms with Crippen molar-refractivity contribution in [2.24, 2.45) is 22.1 Å². The van der Waals surface area contributed by atoms with Crippen LogP contribution in [0.4, 0.5) is 0 Å². The van der Waals surface area contributed by atoms with Gasteiger partial charge in [0, 0.05) is 51.0 Å². The largest absolute Gasteiger partial charge is 0.395 e. The van der Waals surface area contributed by atoms with Gasteiger partial charge in [0.05, 0.1) is 27.2 Å². The minimum absolute atomic E-state index is 0.00351. The molecule has 3 fully saturated rings. The van der Waals surface area contributed by atoms with E-state index in [2.05, 4.69) is 51.4 Å². The number of hydrogen-bond acceptors (Lipinski definition) is 4. The van der Waals surface area contributed by atoms with E-state index in [1.807, 2.05) is 4.90 Å². The van der Waals surface area contributed by atoms with Crippen molar-refractivity contribution < 1.29 is 19.2 Å². The van der Waals surface area contributed by atoms with Crippen molar-refractivity contribution in [2.75, 3.05) is 53.4 Å². The van der Waals surface area contributed by atoms with Gasteiger partial charge in [0.15, 0.2) is 11.5 Å². The lowest BCUT2D eigenvalue weighted by Crippen LogP contribution is -2.51. The number of guanidine groups is 1. The zero-order valence-corrected chi connectivity index (χ0v) is 22.9. The van der Waals surface area contributed by atoms with Crippen LogP contribution in [-0.4, -0.2) is 97.0 Å². The molecular weight excluding hydrogens is 466 g/mol. The monoisotopic (exact) mass is 512 g/mol. The van der Waals surface area contributed by atoms with Gasteiger partial charge in [-0.3, -0.25) is 9.79 Å². The molecule has 37 heavy (non-hydrogen) atoms. The lowest BCUT2D eigenvalue weighted by molar-refractivity contribution is -0.803. The summed E-state index contributed by atoms with van der Waals surface area (Å²) in [5.74, 6) is 0.902. The molecule has 0 bridgehead atoms. The minimum atomic E-state index is -0.135. The molecule has 1 saturated heterocycles. The van der Waals surface area contributed by atoms with E-state index in [1.165, 1.54) is 24.8 Å². The fourth-order valence-electron chi connectivity index (χ4n) is 6.93. The first kappa shape index (κ1) is 27.6. The van der Waals surface area contributed by atoms with Crippen LogP contribution in [0.25, 0.3) is 0 Å².